The van der Waals surface area contributed by atoms with Crippen molar-refractivity contribution < 1.29 is 4.79 Å². The highest BCUT2D eigenvalue weighted by atomic mass is 16.2. The van der Waals surface area contributed by atoms with Gasteiger partial charge in [0.15, 0.2) is 5.82 Å². The minimum Gasteiger partial charge on any atom is -0.330 e. The maximum absolute atomic E-state index is 12.4. The molecule has 0 saturated carbocycles. The van der Waals surface area contributed by atoms with Gasteiger partial charge in [-0.2, -0.15) is 15.2 Å². The zero-order valence-corrected chi connectivity index (χ0v) is 11.3. The molecule has 6 heteroatoms. The fourth-order valence-corrected chi connectivity index (χ4v) is 2.14. The molecule has 19 heavy (non-hydrogen) atoms. The Labute approximate surface area is 112 Å². The number of carbonyl (C=O) groups is 1. The third kappa shape index (κ3) is 2.78. The molecule has 1 amide bonds. The number of rotatable bonds is 5. The van der Waals surface area contributed by atoms with Gasteiger partial charge in [-0.15, -0.1) is 5.10 Å². The van der Waals surface area contributed by atoms with Crippen LogP contribution in [-0.2, 0) is 4.79 Å². The summed E-state index contributed by atoms with van der Waals surface area (Å²) in [4.78, 5) is 12.4. The molecule has 102 valence electrons. The van der Waals surface area contributed by atoms with Crippen molar-refractivity contribution in [2.75, 3.05) is 11.6 Å². The second-order valence-corrected chi connectivity index (χ2v) is 4.65. The van der Waals surface area contributed by atoms with E-state index in [0.717, 1.165) is 24.2 Å². The normalized spacial score (nSPS) is 18.9. The van der Waals surface area contributed by atoms with Crippen LogP contribution in [0.15, 0.2) is 17.2 Å². The molecule has 1 aromatic heterocycles. The Bertz CT molecular complexity index is 482. The van der Waals surface area contributed by atoms with Crippen molar-refractivity contribution in [3.8, 4) is 0 Å². The van der Waals surface area contributed by atoms with Crippen LogP contribution in [0.4, 0.5) is 5.82 Å². The monoisotopic (exact) mass is 261 g/mol. The molecule has 2 heterocycles. The fourth-order valence-electron chi connectivity index (χ4n) is 2.14. The molecule has 0 bridgehead atoms. The van der Waals surface area contributed by atoms with Gasteiger partial charge in [-0.05, 0) is 38.4 Å². The summed E-state index contributed by atoms with van der Waals surface area (Å²) < 4.78 is 0. The number of aromatic nitrogens is 2. The largest absolute Gasteiger partial charge is 0.330 e. The average Bonchev–Trinajstić information content (AvgIpc) is 2.70. The van der Waals surface area contributed by atoms with Crippen LogP contribution in [0.3, 0.4) is 0 Å². The van der Waals surface area contributed by atoms with Gasteiger partial charge in [0.2, 0.25) is 0 Å². The zero-order chi connectivity index (χ0) is 13.8. The van der Waals surface area contributed by atoms with Crippen molar-refractivity contribution in [1.82, 2.24) is 10.2 Å². The summed E-state index contributed by atoms with van der Waals surface area (Å²) in [6.07, 6.45) is 2.40. The van der Waals surface area contributed by atoms with Crippen LogP contribution in [-0.4, -0.2) is 28.4 Å². The lowest BCUT2D eigenvalue weighted by molar-refractivity contribution is -0.119. The third-order valence-corrected chi connectivity index (χ3v) is 3.10. The Hall–Kier alpha value is -1.82. The van der Waals surface area contributed by atoms with Crippen LogP contribution in [0, 0.1) is 12.8 Å². The van der Waals surface area contributed by atoms with Crippen molar-refractivity contribution >= 4 is 17.4 Å². The molecular weight excluding hydrogens is 242 g/mol. The number of hydrogen-bond donors (Lipinski definition) is 1. The second kappa shape index (κ2) is 5.88. The van der Waals surface area contributed by atoms with E-state index in [9.17, 15) is 4.79 Å². The Morgan fingerprint density at radius 2 is 2.16 bits per heavy atom. The summed E-state index contributed by atoms with van der Waals surface area (Å²) in [5.41, 5.74) is 7.29. The molecule has 0 aliphatic carbocycles. The summed E-state index contributed by atoms with van der Waals surface area (Å²) in [5.74, 6) is 0.226. The summed E-state index contributed by atoms with van der Waals surface area (Å²) in [6, 6.07) is 3.58. The minimum atomic E-state index is -0.201. The first kappa shape index (κ1) is 13.6. The molecule has 1 aliphatic heterocycles. The predicted octanol–water partition coefficient (Wildman–Crippen LogP) is 1.25. The minimum absolute atomic E-state index is 0.0490. The van der Waals surface area contributed by atoms with Gasteiger partial charge in [0.05, 0.1) is 17.3 Å². The molecule has 0 radical (unpaired) electrons. The van der Waals surface area contributed by atoms with Crippen LogP contribution in [0.25, 0.3) is 0 Å². The molecule has 6 nitrogen and oxygen atoms in total. The number of hydrazone groups is 1. The molecule has 0 saturated heterocycles. The first-order chi connectivity index (χ1) is 9.17. The maximum Gasteiger partial charge on any atom is 0.257 e. The summed E-state index contributed by atoms with van der Waals surface area (Å²) in [7, 11) is 0. The lowest BCUT2D eigenvalue weighted by Gasteiger charge is -2.12. The summed E-state index contributed by atoms with van der Waals surface area (Å²) >= 11 is 0. The number of carbonyl (C=O) groups excluding carboxylic acids is 1. The van der Waals surface area contributed by atoms with Gasteiger partial charge in [0, 0.05) is 0 Å². The SMILES string of the molecule is CCCC1=NN(c2ccc(C)nn2)C(=O)C1CCN. The standard InChI is InChI=1S/C13H19N5O/c1-3-4-11-10(7-8-14)13(19)18(17-11)12-6-5-9(2)15-16-12/h5-6,10H,3-4,7-8,14H2,1-2H3. The van der Waals surface area contributed by atoms with Crippen molar-refractivity contribution in [3.63, 3.8) is 0 Å². The van der Waals surface area contributed by atoms with Gasteiger partial charge in [0.1, 0.15) is 0 Å². The van der Waals surface area contributed by atoms with Crippen molar-refractivity contribution in [2.45, 2.75) is 33.1 Å². The van der Waals surface area contributed by atoms with Gasteiger partial charge in [-0.3, -0.25) is 4.79 Å². The first-order valence-electron chi connectivity index (χ1n) is 6.59. The molecule has 1 aliphatic rings. The van der Waals surface area contributed by atoms with E-state index in [2.05, 4.69) is 22.2 Å². The fraction of sp³-hybridized carbons (Fsp3) is 0.538. The number of hydrogen-bond acceptors (Lipinski definition) is 5. The summed E-state index contributed by atoms with van der Waals surface area (Å²) in [5, 5.41) is 13.7. The number of amides is 1. The Morgan fingerprint density at radius 1 is 1.37 bits per heavy atom. The van der Waals surface area contributed by atoms with E-state index in [1.54, 1.807) is 6.07 Å². The number of aryl methyl sites for hydroxylation is 1. The molecular formula is C13H19N5O. The predicted molar refractivity (Wildman–Crippen MR) is 73.8 cm³/mol. The van der Waals surface area contributed by atoms with E-state index < -0.39 is 0 Å². The molecule has 0 spiro atoms. The van der Waals surface area contributed by atoms with Crippen molar-refractivity contribution in [1.29, 1.82) is 0 Å². The molecule has 2 rings (SSSR count). The van der Waals surface area contributed by atoms with E-state index >= 15 is 0 Å². The highest BCUT2D eigenvalue weighted by Gasteiger charge is 2.36. The Morgan fingerprint density at radius 3 is 2.74 bits per heavy atom. The highest BCUT2D eigenvalue weighted by Crippen LogP contribution is 2.25. The topological polar surface area (TPSA) is 84.5 Å². The van der Waals surface area contributed by atoms with Gasteiger partial charge in [-0.25, -0.2) is 0 Å². The van der Waals surface area contributed by atoms with Crippen molar-refractivity contribution in [3.05, 3.63) is 17.8 Å². The van der Waals surface area contributed by atoms with E-state index in [1.807, 2.05) is 13.0 Å². The Kier molecular flexibility index (Phi) is 4.21. The van der Waals surface area contributed by atoms with Gasteiger partial charge in [-0.1, -0.05) is 13.3 Å². The number of nitrogens with two attached hydrogens (primary N) is 1. The van der Waals surface area contributed by atoms with Crippen LogP contribution < -0.4 is 10.7 Å². The van der Waals surface area contributed by atoms with Crippen molar-refractivity contribution in [2.24, 2.45) is 16.8 Å². The van der Waals surface area contributed by atoms with E-state index in [-0.39, 0.29) is 11.8 Å². The molecule has 2 N–H and O–H groups in total. The van der Waals surface area contributed by atoms with E-state index in [0.29, 0.717) is 18.8 Å². The number of nitrogens with zero attached hydrogens (tertiary/aromatic N) is 4. The quantitative estimate of drug-likeness (QED) is 0.864. The lowest BCUT2D eigenvalue weighted by Crippen LogP contribution is -2.29. The van der Waals surface area contributed by atoms with E-state index in [4.69, 9.17) is 5.73 Å². The average molecular weight is 261 g/mol. The van der Waals surface area contributed by atoms with E-state index in [1.165, 1.54) is 5.01 Å². The van der Waals surface area contributed by atoms with Crippen LogP contribution in [0.1, 0.15) is 31.9 Å². The molecule has 1 atom stereocenters. The van der Waals surface area contributed by atoms with Gasteiger partial charge >= 0.3 is 0 Å². The third-order valence-electron chi connectivity index (χ3n) is 3.10. The second-order valence-electron chi connectivity index (χ2n) is 4.65. The zero-order valence-electron chi connectivity index (χ0n) is 11.3. The molecule has 0 aromatic carbocycles. The lowest BCUT2D eigenvalue weighted by atomic mass is 9.96. The van der Waals surface area contributed by atoms with Gasteiger partial charge in [0.25, 0.3) is 5.91 Å². The van der Waals surface area contributed by atoms with Crippen LogP contribution in [0.2, 0.25) is 0 Å². The molecule has 1 aromatic rings. The first-order valence-corrected chi connectivity index (χ1v) is 6.59. The molecule has 1 unspecified atom stereocenters. The van der Waals surface area contributed by atoms with Gasteiger partial charge < -0.3 is 5.73 Å². The van der Waals surface area contributed by atoms with Crippen LogP contribution >= 0.6 is 0 Å². The summed E-state index contributed by atoms with van der Waals surface area (Å²) in [6.45, 7) is 4.40. The smallest absolute Gasteiger partial charge is 0.257 e. The maximum atomic E-state index is 12.4. The number of anilines is 1. The molecule has 0 fully saturated rings. The van der Waals surface area contributed by atoms with Crippen LogP contribution in [0.5, 0.6) is 0 Å². The Balaban J connectivity index is 2.26. The highest BCUT2D eigenvalue weighted by molar-refractivity contribution is 6.15.